The Hall–Kier alpha value is -0.610. The zero-order valence-electron chi connectivity index (χ0n) is 8.70. The minimum atomic E-state index is -0.126. The number of carbonyl (C=O) groups excluding carboxylic acids is 1. The maximum Gasteiger partial charge on any atom is 0.220 e. The summed E-state index contributed by atoms with van der Waals surface area (Å²) in [7, 11) is 2.17. The average molecular weight is 197 g/mol. The van der Waals surface area contributed by atoms with E-state index in [1.165, 1.54) is 0 Å². The van der Waals surface area contributed by atoms with Crippen molar-refractivity contribution < 1.29 is 4.79 Å². The van der Waals surface area contributed by atoms with Crippen molar-refractivity contribution in [3.63, 3.8) is 0 Å². The summed E-state index contributed by atoms with van der Waals surface area (Å²) in [4.78, 5) is 13.5. The van der Waals surface area contributed by atoms with Crippen LogP contribution in [0.3, 0.4) is 0 Å². The quantitative estimate of drug-likeness (QED) is 0.598. The molecule has 0 spiro atoms. The van der Waals surface area contributed by atoms with Crippen molar-refractivity contribution in [3.8, 4) is 0 Å². The molecule has 1 saturated heterocycles. The molecule has 3 atom stereocenters. The Morgan fingerprint density at radius 2 is 2.29 bits per heavy atom. The first-order valence-electron chi connectivity index (χ1n) is 5.41. The van der Waals surface area contributed by atoms with Crippen molar-refractivity contribution in [2.45, 2.75) is 31.3 Å². The van der Waals surface area contributed by atoms with Crippen LogP contribution in [0.5, 0.6) is 0 Å². The fourth-order valence-corrected chi connectivity index (χ4v) is 2.75. The highest BCUT2D eigenvalue weighted by atomic mass is 16.1. The molecule has 0 radical (unpaired) electrons. The van der Waals surface area contributed by atoms with Crippen LogP contribution in [0, 0.1) is 5.92 Å². The Kier molecular flexibility index (Phi) is 2.74. The molecule has 2 aliphatic rings. The average Bonchev–Trinajstić information content (AvgIpc) is 2.17. The molecule has 80 valence electrons. The van der Waals surface area contributed by atoms with E-state index in [0.717, 1.165) is 32.4 Å². The van der Waals surface area contributed by atoms with Crippen molar-refractivity contribution in [2.24, 2.45) is 11.7 Å². The number of nitrogens with zero attached hydrogens (tertiary/aromatic N) is 1. The molecule has 1 amide bonds. The summed E-state index contributed by atoms with van der Waals surface area (Å²) < 4.78 is 0. The molecule has 4 nitrogen and oxygen atoms in total. The molecule has 0 bridgehead atoms. The van der Waals surface area contributed by atoms with E-state index in [0.29, 0.717) is 12.1 Å². The normalized spacial score (nSPS) is 39.1. The number of primary amides is 1. The maximum atomic E-state index is 11.1. The van der Waals surface area contributed by atoms with Crippen LogP contribution in [-0.2, 0) is 4.79 Å². The molecule has 2 rings (SSSR count). The molecule has 3 N–H and O–H groups in total. The largest absolute Gasteiger partial charge is 0.369 e. The van der Waals surface area contributed by atoms with Crippen LogP contribution in [0.1, 0.15) is 19.3 Å². The summed E-state index contributed by atoms with van der Waals surface area (Å²) >= 11 is 0. The fraction of sp³-hybridized carbons (Fsp3) is 0.900. The molecule has 4 heteroatoms. The lowest BCUT2D eigenvalue weighted by Gasteiger charge is -2.44. The summed E-state index contributed by atoms with van der Waals surface area (Å²) in [5.74, 6) is -0.0336. The standard InChI is InChI=1S/C10H19N3O/c1-13-5-4-12-8-6-7(10(11)14)2-3-9(8)13/h7-9,12H,2-6H2,1H3,(H2,11,14). The third-order valence-corrected chi connectivity index (χ3v) is 3.65. The van der Waals surface area contributed by atoms with Gasteiger partial charge in [0.05, 0.1) is 0 Å². The Bertz CT molecular complexity index is 231. The first kappa shape index (κ1) is 9.93. The van der Waals surface area contributed by atoms with Gasteiger partial charge in [-0.3, -0.25) is 4.79 Å². The SMILES string of the molecule is CN1CCNC2CC(C(N)=O)CCC21. The molecule has 1 aliphatic carbocycles. The number of hydrogen-bond acceptors (Lipinski definition) is 3. The van der Waals surface area contributed by atoms with Crippen molar-refractivity contribution >= 4 is 5.91 Å². The van der Waals surface area contributed by atoms with Gasteiger partial charge in [-0.1, -0.05) is 0 Å². The van der Waals surface area contributed by atoms with Gasteiger partial charge in [0.25, 0.3) is 0 Å². The van der Waals surface area contributed by atoms with Crippen LogP contribution < -0.4 is 11.1 Å². The van der Waals surface area contributed by atoms with Crippen LogP contribution in [0.15, 0.2) is 0 Å². The highest BCUT2D eigenvalue weighted by Crippen LogP contribution is 2.28. The van der Waals surface area contributed by atoms with Crippen molar-refractivity contribution in [2.75, 3.05) is 20.1 Å². The van der Waals surface area contributed by atoms with Crippen LogP contribution in [0.2, 0.25) is 0 Å². The third-order valence-electron chi connectivity index (χ3n) is 3.65. The van der Waals surface area contributed by atoms with Gasteiger partial charge in [0.15, 0.2) is 0 Å². The van der Waals surface area contributed by atoms with Gasteiger partial charge in [-0.05, 0) is 26.3 Å². The Balaban J connectivity index is 1.99. The van der Waals surface area contributed by atoms with E-state index in [-0.39, 0.29) is 11.8 Å². The Morgan fingerprint density at radius 1 is 1.50 bits per heavy atom. The van der Waals surface area contributed by atoms with Crippen molar-refractivity contribution in [1.29, 1.82) is 0 Å². The van der Waals surface area contributed by atoms with Crippen LogP contribution >= 0.6 is 0 Å². The second-order valence-corrected chi connectivity index (χ2v) is 4.52. The monoisotopic (exact) mass is 197 g/mol. The summed E-state index contributed by atoms with van der Waals surface area (Å²) in [6.45, 7) is 2.14. The van der Waals surface area contributed by atoms with E-state index in [4.69, 9.17) is 5.73 Å². The predicted octanol–water partition coefficient (Wildman–Crippen LogP) is -0.456. The lowest BCUT2D eigenvalue weighted by Crippen LogP contribution is -2.59. The molecule has 0 aromatic carbocycles. The van der Waals surface area contributed by atoms with Crippen molar-refractivity contribution in [1.82, 2.24) is 10.2 Å². The Labute approximate surface area is 84.8 Å². The van der Waals surface area contributed by atoms with E-state index in [2.05, 4.69) is 17.3 Å². The molecule has 2 fully saturated rings. The maximum absolute atomic E-state index is 11.1. The van der Waals surface area contributed by atoms with Gasteiger partial charge in [-0.2, -0.15) is 0 Å². The lowest BCUT2D eigenvalue weighted by atomic mass is 9.80. The molecule has 14 heavy (non-hydrogen) atoms. The van der Waals surface area contributed by atoms with Gasteiger partial charge in [0.1, 0.15) is 0 Å². The zero-order valence-corrected chi connectivity index (χ0v) is 8.70. The van der Waals surface area contributed by atoms with E-state index >= 15 is 0 Å². The smallest absolute Gasteiger partial charge is 0.220 e. The summed E-state index contributed by atoms with van der Waals surface area (Å²) in [5, 5.41) is 3.49. The molecule has 1 saturated carbocycles. The lowest BCUT2D eigenvalue weighted by molar-refractivity contribution is -0.123. The van der Waals surface area contributed by atoms with Crippen molar-refractivity contribution in [3.05, 3.63) is 0 Å². The highest BCUT2D eigenvalue weighted by Gasteiger charge is 2.36. The van der Waals surface area contributed by atoms with Gasteiger partial charge in [-0.25, -0.2) is 0 Å². The zero-order chi connectivity index (χ0) is 10.1. The molecule has 0 aromatic rings. The predicted molar refractivity (Wildman–Crippen MR) is 54.7 cm³/mol. The van der Waals surface area contributed by atoms with E-state index in [9.17, 15) is 4.79 Å². The number of piperazine rings is 1. The molecule has 1 heterocycles. The number of likely N-dealkylation sites (N-methyl/N-ethyl adjacent to an activating group) is 1. The van der Waals surface area contributed by atoms with Gasteiger partial charge in [0.2, 0.25) is 5.91 Å². The first-order chi connectivity index (χ1) is 6.68. The number of rotatable bonds is 1. The first-order valence-corrected chi connectivity index (χ1v) is 5.41. The second kappa shape index (κ2) is 3.87. The van der Waals surface area contributed by atoms with Crippen LogP contribution in [0.25, 0.3) is 0 Å². The number of carbonyl (C=O) groups is 1. The van der Waals surface area contributed by atoms with Gasteiger partial charge < -0.3 is 16.0 Å². The number of amides is 1. The van der Waals surface area contributed by atoms with E-state index in [1.54, 1.807) is 0 Å². The summed E-state index contributed by atoms with van der Waals surface area (Å²) in [6.07, 6.45) is 2.98. The van der Waals surface area contributed by atoms with Gasteiger partial charge >= 0.3 is 0 Å². The number of nitrogens with one attached hydrogen (secondary N) is 1. The molecule has 3 unspecified atom stereocenters. The van der Waals surface area contributed by atoms with E-state index in [1.807, 2.05) is 0 Å². The van der Waals surface area contributed by atoms with Crippen LogP contribution in [-0.4, -0.2) is 43.0 Å². The highest BCUT2D eigenvalue weighted by molar-refractivity contribution is 5.76. The third kappa shape index (κ3) is 1.77. The molecule has 0 aromatic heterocycles. The second-order valence-electron chi connectivity index (χ2n) is 4.52. The molecular weight excluding hydrogens is 178 g/mol. The summed E-state index contributed by atoms with van der Waals surface area (Å²) in [6, 6.07) is 1.08. The van der Waals surface area contributed by atoms with Gasteiger partial charge in [-0.15, -0.1) is 0 Å². The minimum absolute atomic E-state index is 0.0928. The van der Waals surface area contributed by atoms with Gasteiger partial charge in [0, 0.05) is 31.1 Å². The molecule has 1 aliphatic heterocycles. The Morgan fingerprint density at radius 3 is 3.00 bits per heavy atom. The molecular formula is C10H19N3O. The van der Waals surface area contributed by atoms with E-state index < -0.39 is 0 Å². The minimum Gasteiger partial charge on any atom is -0.369 e. The van der Waals surface area contributed by atoms with Crippen LogP contribution in [0.4, 0.5) is 0 Å². The number of fused-ring (bicyclic) bond motifs is 1. The fourth-order valence-electron chi connectivity index (χ4n) is 2.75. The number of hydrogen-bond donors (Lipinski definition) is 2. The topological polar surface area (TPSA) is 58.4 Å². The number of nitrogens with two attached hydrogens (primary N) is 1. The summed E-state index contributed by atoms with van der Waals surface area (Å²) in [5.41, 5.74) is 5.34.